The number of anilines is 1. The van der Waals surface area contributed by atoms with Gasteiger partial charge in [0.15, 0.2) is 5.82 Å². The van der Waals surface area contributed by atoms with Crippen LogP contribution in [-0.2, 0) is 0 Å². The first-order chi connectivity index (χ1) is 11.0. The van der Waals surface area contributed by atoms with Crippen molar-refractivity contribution in [3.63, 3.8) is 0 Å². The highest BCUT2D eigenvalue weighted by Gasteiger charge is 2.29. The van der Waals surface area contributed by atoms with Crippen LogP contribution in [0, 0.1) is 0 Å². The van der Waals surface area contributed by atoms with E-state index in [1.54, 1.807) is 23.1 Å². The van der Waals surface area contributed by atoms with Gasteiger partial charge >= 0.3 is 0 Å². The molecular formula is C15H17ClN4O2S. The molecule has 0 aliphatic carbocycles. The zero-order valence-corrected chi connectivity index (χ0v) is 14.5. The standard InChI is InChI=1S/C15H17ClN4O2S/c1-19(2)13-5-6-14(18-17-13)22-10-7-8-20(9-10)15(21)11-3-4-12(16)23-11/h3-6,10H,7-9H2,1-2H3. The zero-order valence-electron chi connectivity index (χ0n) is 12.9. The molecule has 0 N–H and O–H groups in total. The predicted molar refractivity (Wildman–Crippen MR) is 90.6 cm³/mol. The molecule has 1 aliphatic rings. The number of likely N-dealkylation sites (tertiary alicyclic amines) is 1. The van der Waals surface area contributed by atoms with Crippen LogP contribution in [0.1, 0.15) is 16.1 Å². The average Bonchev–Trinajstić information content (AvgIpc) is 3.16. The average molecular weight is 353 g/mol. The molecule has 0 radical (unpaired) electrons. The minimum absolute atomic E-state index is 0.00189. The van der Waals surface area contributed by atoms with E-state index in [1.165, 1.54) is 11.3 Å². The summed E-state index contributed by atoms with van der Waals surface area (Å²) in [5.41, 5.74) is 0. The van der Waals surface area contributed by atoms with Crippen molar-refractivity contribution in [2.45, 2.75) is 12.5 Å². The van der Waals surface area contributed by atoms with Gasteiger partial charge in [-0.3, -0.25) is 4.79 Å². The van der Waals surface area contributed by atoms with E-state index >= 15 is 0 Å². The number of hydrogen-bond acceptors (Lipinski definition) is 6. The van der Waals surface area contributed by atoms with Gasteiger partial charge in [-0.25, -0.2) is 0 Å². The molecule has 23 heavy (non-hydrogen) atoms. The Hall–Kier alpha value is -1.86. The molecule has 0 aromatic carbocycles. The normalized spacial score (nSPS) is 17.3. The fourth-order valence-corrected chi connectivity index (χ4v) is 3.39. The molecule has 8 heteroatoms. The summed E-state index contributed by atoms with van der Waals surface area (Å²) in [6.07, 6.45) is 0.719. The van der Waals surface area contributed by atoms with Crippen LogP contribution in [0.25, 0.3) is 0 Å². The first-order valence-corrected chi connectivity index (χ1v) is 8.44. The van der Waals surface area contributed by atoms with E-state index in [4.69, 9.17) is 16.3 Å². The van der Waals surface area contributed by atoms with Gasteiger partial charge < -0.3 is 14.5 Å². The number of carbonyl (C=O) groups excluding carboxylic acids is 1. The van der Waals surface area contributed by atoms with E-state index in [-0.39, 0.29) is 12.0 Å². The van der Waals surface area contributed by atoms with Crippen molar-refractivity contribution in [3.05, 3.63) is 33.5 Å². The summed E-state index contributed by atoms with van der Waals surface area (Å²) in [5.74, 6) is 1.26. The highest BCUT2D eigenvalue weighted by molar-refractivity contribution is 7.17. The van der Waals surface area contributed by atoms with Gasteiger partial charge in [0, 0.05) is 33.1 Å². The fraction of sp³-hybridized carbons (Fsp3) is 0.400. The molecule has 1 unspecified atom stereocenters. The lowest BCUT2D eigenvalue weighted by Crippen LogP contribution is -2.30. The number of thiophene rings is 1. The second-order valence-electron chi connectivity index (χ2n) is 5.51. The third-order valence-electron chi connectivity index (χ3n) is 3.59. The van der Waals surface area contributed by atoms with E-state index in [2.05, 4.69) is 10.2 Å². The number of ether oxygens (including phenoxy) is 1. The molecule has 3 heterocycles. The van der Waals surface area contributed by atoms with E-state index in [1.807, 2.05) is 25.1 Å². The summed E-state index contributed by atoms with van der Waals surface area (Å²) >= 11 is 7.19. The Morgan fingerprint density at radius 1 is 1.35 bits per heavy atom. The Labute approximate surface area is 143 Å². The molecule has 1 saturated heterocycles. The Morgan fingerprint density at radius 3 is 2.78 bits per heavy atom. The van der Waals surface area contributed by atoms with Crippen LogP contribution in [-0.4, -0.2) is 54.3 Å². The van der Waals surface area contributed by atoms with Crippen molar-refractivity contribution in [2.75, 3.05) is 32.1 Å². The molecule has 6 nitrogen and oxygen atoms in total. The van der Waals surface area contributed by atoms with Crippen molar-refractivity contribution in [1.82, 2.24) is 15.1 Å². The molecule has 1 aliphatic heterocycles. The highest BCUT2D eigenvalue weighted by atomic mass is 35.5. The largest absolute Gasteiger partial charge is 0.471 e. The topological polar surface area (TPSA) is 58.6 Å². The zero-order chi connectivity index (χ0) is 16.4. The van der Waals surface area contributed by atoms with Gasteiger partial charge in [-0.05, 0) is 18.2 Å². The van der Waals surface area contributed by atoms with Crippen LogP contribution >= 0.6 is 22.9 Å². The first kappa shape index (κ1) is 16.0. The molecule has 2 aromatic heterocycles. The Kier molecular flexibility index (Phi) is 4.68. The Balaban J connectivity index is 1.58. The third-order valence-corrected chi connectivity index (χ3v) is 4.81. The van der Waals surface area contributed by atoms with E-state index in [9.17, 15) is 4.79 Å². The molecule has 122 valence electrons. The quantitative estimate of drug-likeness (QED) is 0.846. The minimum atomic E-state index is -0.0612. The lowest BCUT2D eigenvalue weighted by atomic mass is 10.3. The summed E-state index contributed by atoms with van der Waals surface area (Å²) < 4.78 is 6.44. The van der Waals surface area contributed by atoms with E-state index < -0.39 is 0 Å². The lowest BCUT2D eigenvalue weighted by molar-refractivity contribution is 0.0775. The number of amides is 1. The number of nitrogens with zero attached hydrogens (tertiary/aromatic N) is 4. The maximum Gasteiger partial charge on any atom is 0.264 e. The second kappa shape index (κ2) is 6.72. The van der Waals surface area contributed by atoms with Crippen LogP contribution < -0.4 is 9.64 Å². The lowest BCUT2D eigenvalue weighted by Gasteiger charge is -2.16. The molecule has 1 atom stereocenters. The van der Waals surface area contributed by atoms with Gasteiger partial charge in [-0.2, -0.15) is 0 Å². The van der Waals surface area contributed by atoms with Gasteiger partial charge in [0.05, 0.1) is 15.8 Å². The minimum Gasteiger partial charge on any atom is -0.471 e. The van der Waals surface area contributed by atoms with Crippen molar-refractivity contribution in [3.8, 4) is 5.88 Å². The SMILES string of the molecule is CN(C)c1ccc(OC2CCN(C(=O)c3ccc(Cl)s3)C2)nn1. The molecule has 3 rings (SSSR count). The van der Waals surface area contributed by atoms with Crippen LogP contribution in [0.4, 0.5) is 5.82 Å². The van der Waals surface area contributed by atoms with Gasteiger partial charge in [-0.1, -0.05) is 11.6 Å². The van der Waals surface area contributed by atoms with Gasteiger partial charge in [-0.15, -0.1) is 21.5 Å². The number of halogens is 1. The second-order valence-corrected chi connectivity index (χ2v) is 7.22. The van der Waals surface area contributed by atoms with Gasteiger partial charge in [0.2, 0.25) is 5.88 Å². The first-order valence-electron chi connectivity index (χ1n) is 7.25. The summed E-state index contributed by atoms with van der Waals surface area (Å²) in [7, 11) is 3.81. The van der Waals surface area contributed by atoms with Crippen molar-refractivity contribution < 1.29 is 9.53 Å². The summed E-state index contributed by atoms with van der Waals surface area (Å²) in [4.78, 5) is 16.7. The van der Waals surface area contributed by atoms with Crippen molar-refractivity contribution in [2.24, 2.45) is 0 Å². The van der Waals surface area contributed by atoms with Crippen LogP contribution in [0.15, 0.2) is 24.3 Å². The monoisotopic (exact) mass is 352 g/mol. The smallest absolute Gasteiger partial charge is 0.264 e. The van der Waals surface area contributed by atoms with Crippen LogP contribution in [0.2, 0.25) is 4.34 Å². The molecule has 0 spiro atoms. The number of aromatic nitrogens is 2. The Bertz CT molecular complexity index is 689. The molecule has 1 amide bonds. The molecule has 2 aromatic rings. The maximum atomic E-state index is 12.4. The van der Waals surface area contributed by atoms with E-state index in [0.29, 0.717) is 28.2 Å². The summed E-state index contributed by atoms with van der Waals surface area (Å²) in [6, 6.07) is 7.15. The number of carbonyl (C=O) groups is 1. The third kappa shape index (κ3) is 3.73. The molecule has 0 bridgehead atoms. The highest BCUT2D eigenvalue weighted by Crippen LogP contribution is 2.25. The van der Waals surface area contributed by atoms with Gasteiger partial charge in [0.25, 0.3) is 5.91 Å². The predicted octanol–water partition coefficient (Wildman–Crippen LogP) is 2.55. The molecule has 1 fully saturated rings. The number of hydrogen-bond donors (Lipinski definition) is 0. The molecule has 0 saturated carbocycles. The van der Waals surface area contributed by atoms with Gasteiger partial charge in [0.1, 0.15) is 6.10 Å². The summed E-state index contributed by atoms with van der Waals surface area (Å²) in [5, 5.41) is 8.14. The Morgan fingerprint density at radius 2 is 2.17 bits per heavy atom. The number of rotatable bonds is 4. The fourth-order valence-electron chi connectivity index (χ4n) is 2.38. The molecular weight excluding hydrogens is 336 g/mol. The van der Waals surface area contributed by atoms with E-state index in [0.717, 1.165) is 12.2 Å². The van der Waals surface area contributed by atoms with Crippen LogP contribution in [0.3, 0.4) is 0 Å². The summed E-state index contributed by atoms with van der Waals surface area (Å²) in [6.45, 7) is 1.22. The van der Waals surface area contributed by atoms with Crippen LogP contribution in [0.5, 0.6) is 5.88 Å². The van der Waals surface area contributed by atoms with Crippen molar-refractivity contribution in [1.29, 1.82) is 0 Å². The van der Waals surface area contributed by atoms with Crippen molar-refractivity contribution >= 4 is 34.7 Å². The maximum absolute atomic E-state index is 12.4.